The van der Waals surface area contributed by atoms with Crippen molar-refractivity contribution in [2.45, 2.75) is 13.0 Å². The van der Waals surface area contributed by atoms with Crippen LogP contribution in [0.5, 0.6) is 0 Å². The van der Waals surface area contributed by atoms with Gasteiger partial charge >= 0.3 is 0 Å². The van der Waals surface area contributed by atoms with Gasteiger partial charge in [-0.1, -0.05) is 0 Å². The van der Waals surface area contributed by atoms with Gasteiger partial charge in [-0.05, 0) is 25.6 Å². The minimum absolute atomic E-state index is 0.113. The smallest absolute Gasteiger partial charge is 0.231 e. The van der Waals surface area contributed by atoms with Crippen LogP contribution >= 0.6 is 0 Å². The fraction of sp³-hybridized carbons (Fsp3) is 0.462. The molecule has 0 aromatic heterocycles. The average molecular weight is 270 g/mol. The normalized spacial score (nSPS) is 22.5. The summed E-state index contributed by atoms with van der Waals surface area (Å²) in [4.78, 5) is 12.0. The number of hydrogen-bond acceptors (Lipinski definition) is 3. The van der Waals surface area contributed by atoms with Gasteiger partial charge in [0, 0.05) is 12.1 Å². The molecule has 1 heterocycles. The van der Waals surface area contributed by atoms with Crippen molar-refractivity contribution in [3.8, 4) is 0 Å². The van der Waals surface area contributed by atoms with E-state index in [1.807, 2.05) is 0 Å². The van der Waals surface area contributed by atoms with Crippen molar-refractivity contribution in [2.24, 2.45) is 5.92 Å². The van der Waals surface area contributed by atoms with E-state index in [2.05, 4.69) is 10.6 Å². The minimum Gasteiger partial charge on any atom is -0.379 e. The number of rotatable bonds is 3. The molecule has 2 atom stereocenters. The van der Waals surface area contributed by atoms with Crippen molar-refractivity contribution in [3.63, 3.8) is 0 Å². The third-order valence-corrected chi connectivity index (χ3v) is 3.29. The number of nitrogens with one attached hydrogen (secondary N) is 2. The Kier molecular flexibility index (Phi) is 4.11. The predicted molar refractivity (Wildman–Crippen MR) is 66.9 cm³/mol. The molecule has 1 aliphatic heterocycles. The highest BCUT2D eigenvalue weighted by atomic mass is 19.1. The highest BCUT2D eigenvalue weighted by Gasteiger charge is 2.33. The zero-order valence-electron chi connectivity index (χ0n) is 10.8. The van der Waals surface area contributed by atoms with Gasteiger partial charge in [-0.15, -0.1) is 0 Å². The van der Waals surface area contributed by atoms with Crippen LogP contribution in [-0.4, -0.2) is 32.2 Å². The average Bonchev–Trinajstić information content (AvgIpc) is 2.84. The van der Waals surface area contributed by atoms with Crippen molar-refractivity contribution >= 4 is 11.6 Å². The van der Waals surface area contributed by atoms with E-state index in [9.17, 15) is 13.6 Å². The summed E-state index contributed by atoms with van der Waals surface area (Å²) in [7, 11) is 1.73. The molecule has 2 N–H and O–H groups in total. The predicted octanol–water partition coefficient (Wildman–Crippen LogP) is 1.45. The van der Waals surface area contributed by atoms with Gasteiger partial charge in [0.15, 0.2) is 0 Å². The number of likely N-dealkylation sites (N-methyl/N-ethyl adjacent to an activating group) is 1. The van der Waals surface area contributed by atoms with E-state index in [4.69, 9.17) is 4.74 Å². The van der Waals surface area contributed by atoms with Crippen LogP contribution in [0.15, 0.2) is 12.1 Å². The Morgan fingerprint density at radius 2 is 2.05 bits per heavy atom. The molecule has 4 nitrogen and oxygen atoms in total. The molecule has 6 heteroatoms. The number of halogens is 2. The van der Waals surface area contributed by atoms with Gasteiger partial charge in [-0.2, -0.15) is 0 Å². The number of carbonyl (C=O) groups excluding carboxylic acids is 1. The van der Waals surface area contributed by atoms with Gasteiger partial charge in [-0.25, -0.2) is 8.78 Å². The first-order valence-electron chi connectivity index (χ1n) is 6.04. The Morgan fingerprint density at radius 1 is 1.32 bits per heavy atom. The van der Waals surface area contributed by atoms with Crippen LogP contribution < -0.4 is 10.6 Å². The lowest BCUT2D eigenvalue weighted by atomic mass is 10.0. The number of amides is 1. The number of aryl methyl sites for hydroxylation is 1. The zero-order valence-corrected chi connectivity index (χ0v) is 10.8. The number of hydrogen-bond donors (Lipinski definition) is 2. The molecule has 0 spiro atoms. The molecule has 1 aromatic rings. The molecule has 0 aliphatic carbocycles. The number of benzene rings is 1. The summed E-state index contributed by atoms with van der Waals surface area (Å²) in [6, 6.07) is 1.94. The minimum atomic E-state index is -0.646. The molecule has 2 unspecified atom stereocenters. The monoisotopic (exact) mass is 270 g/mol. The Labute approximate surface area is 110 Å². The molecule has 0 radical (unpaired) electrons. The second-order valence-electron chi connectivity index (χ2n) is 4.61. The summed E-state index contributed by atoms with van der Waals surface area (Å²) in [6.45, 7) is 2.17. The van der Waals surface area contributed by atoms with Gasteiger partial charge in [0.2, 0.25) is 5.91 Å². The highest BCUT2D eigenvalue weighted by Crippen LogP contribution is 2.21. The van der Waals surface area contributed by atoms with Crippen molar-refractivity contribution in [3.05, 3.63) is 29.3 Å². The number of carbonyl (C=O) groups is 1. The third-order valence-electron chi connectivity index (χ3n) is 3.29. The molecule has 0 bridgehead atoms. The molecular formula is C13H16F2N2O2. The van der Waals surface area contributed by atoms with E-state index in [1.54, 1.807) is 7.05 Å². The first-order chi connectivity index (χ1) is 9.02. The molecule has 2 rings (SSSR count). The summed E-state index contributed by atoms with van der Waals surface area (Å²) in [5.41, 5.74) is 0.0580. The second-order valence-corrected chi connectivity index (χ2v) is 4.61. The number of anilines is 1. The molecule has 1 amide bonds. The zero-order chi connectivity index (χ0) is 14.0. The van der Waals surface area contributed by atoms with Crippen LogP contribution in [0, 0.1) is 24.5 Å². The molecule has 1 aromatic carbocycles. The van der Waals surface area contributed by atoms with Crippen molar-refractivity contribution in [1.82, 2.24) is 5.32 Å². The van der Waals surface area contributed by atoms with Gasteiger partial charge in [0.05, 0.1) is 24.8 Å². The van der Waals surface area contributed by atoms with E-state index in [-0.39, 0.29) is 29.8 Å². The summed E-state index contributed by atoms with van der Waals surface area (Å²) in [5, 5.41) is 5.37. The molecule has 1 saturated heterocycles. The van der Waals surface area contributed by atoms with Crippen LogP contribution in [0.2, 0.25) is 0 Å². The fourth-order valence-electron chi connectivity index (χ4n) is 2.06. The van der Waals surface area contributed by atoms with Crippen LogP contribution in [-0.2, 0) is 9.53 Å². The maximum Gasteiger partial charge on any atom is 0.231 e. The summed E-state index contributed by atoms with van der Waals surface area (Å²) in [6.07, 6.45) is 0. The van der Waals surface area contributed by atoms with Crippen LogP contribution in [0.4, 0.5) is 14.5 Å². The molecule has 19 heavy (non-hydrogen) atoms. The Balaban J connectivity index is 2.13. The van der Waals surface area contributed by atoms with Crippen LogP contribution in [0.1, 0.15) is 5.56 Å². The van der Waals surface area contributed by atoms with Crippen LogP contribution in [0.25, 0.3) is 0 Å². The first-order valence-corrected chi connectivity index (χ1v) is 6.04. The molecule has 104 valence electrons. The van der Waals surface area contributed by atoms with Gasteiger partial charge in [0.25, 0.3) is 0 Å². The van der Waals surface area contributed by atoms with Crippen molar-refractivity contribution in [1.29, 1.82) is 0 Å². The van der Waals surface area contributed by atoms with Gasteiger partial charge < -0.3 is 15.4 Å². The van der Waals surface area contributed by atoms with E-state index < -0.39 is 17.6 Å². The van der Waals surface area contributed by atoms with E-state index in [0.29, 0.717) is 6.61 Å². The van der Waals surface area contributed by atoms with E-state index in [1.165, 1.54) is 6.92 Å². The van der Waals surface area contributed by atoms with Crippen molar-refractivity contribution < 1.29 is 18.3 Å². The van der Waals surface area contributed by atoms with Crippen molar-refractivity contribution in [2.75, 3.05) is 25.6 Å². The summed E-state index contributed by atoms with van der Waals surface area (Å²) < 4.78 is 32.2. The van der Waals surface area contributed by atoms with E-state index in [0.717, 1.165) is 12.1 Å². The summed E-state index contributed by atoms with van der Waals surface area (Å²) in [5.74, 6) is -1.98. The Hall–Kier alpha value is -1.53. The number of ether oxygens (including phenoxy) is 1. The molecule has 0 saturated carbocycles. The van der Waals surface area contributed by atoms with Gasteiger partial charge in [-0.3, -0.25) is 4.79 Å². The third kappa shape index (κ3) is 2.90. The fourth-order valence-corrected chi connectivity index (χ4v) is 2.06. The lowest BCUT2D eigenvalue weighted by molar-refractivity contribution is -0.120. The standard InChI is InChI=1S/C13H16F2N2O2/c1-7-3-10(15)11(4-9(7)14)17-13(18)8-5-19-6-12(8)16-2/h3-4,8,12,16H,5-6H2,1-2H3,(H,17,18). The van der Waals surface area contributed by atoms with Crippen LogP contribution in [0.3, 0.4) is 0 Å². The lowest BCUT2D eigenvalue weighted by Gasteiger charge is -2.16. The first kappa shape index (κ1) is 13.9. The second kappa shape index (κ2) is 5.63. The molecule has 1 fully saturated rings. The maximum absolute atomic E-state index is 13.6. The Morgan fingerprint density at radius 3 is 2.74 bits per heavy atom. The SMILES string of the molecule is CNC1COCC1C(=O)Nc1cc(F)c(C)cc1F. The molecular weight excluding hydrogens is 254 g/mol. The van der Waals surface area contributed by atoms with E-state index >= 15 is 0 Å². The summed E-state index contributed by atoms with van der Waals surface area (Å²) >= 11 is 0. The quantitative estimate of drug-likeness (QED) is 0.874. The maximum atomic E-state index is 13.6. The molecule has 1 aliphatic rings. The lowest BCUT2D eigenvalue weighted by Crippen LogP contribution is -2.39. The topological polar surface area (TPSA) is 50.4 Å². The highest BCUT2D eigenvalue weighted by molar-refractivity contribution is 5.93. The largest absolute Gasteiger partial charge is 0.379 e. The van der Waals surface area contributed by atoms with Gasteiger partial charge in [0.1, 0.15) is 11.6 Å². The Bertz CT molecular complexity index is 494.